The van der Waals surface area contributed by atoms with Crippen LogP contribution in [0.3, 0.4) is 0 Å². The van der Waals surface area contributed by atoms with Gasteiger partial charge in [0, 0.05) is 16.5 Å². The van der Waals surface area contributed by atoms with E-state index in [1.54, 1.807) is 12.1 Å². The number of rotatable bonds is 6. The number of aromatic nitrogens is 3. The number of nitrogens with one attached hydrogen (secondary N) is 2. The Morgan fingerprint density at radius 2 is 1.64 bits per heavy atom. The molecule has 0 bridgehead atoms. The van der Waals surface area contributed by atoms with Gasteiger partial charge in [0.05, 0.1) is 33.2 Å². The van der Waals surface area contributed by atoms with E-state index in [0.29, 0.717) is 34.3 Å². The Balaban J connectivity index is 1.69. The molecule has 4 aromatic rings. The number of hydrogen-bond donors (Lipinski definition) is 2. The molecular weight excluding hydrogens is 358 g/mol. The van der Waals surface area contributed by atoms with Crippen LogP contribution >= 0.6 is 0 Å². The van der Waals surface area contributed by atoms with E-state index < -0.39 is 0 Å². The highest BCUT2D eigenvalue weighted by molar-refractivity contribution is 6.08. The van der Waals surface area contributed by atoms with Crippen LogP contribution in [0.15, 0.2) is 48.7 Å². The zero-order chi connectivity index (χ0) is 19.7. The summed E-state index contributed by atoms with van der Waals surface area (Å²) < 4.78 is 16.0. The van der Waals surface area contributed by atoms with Gasteiger partial charge in [-0.3, -0.25) is 4.79 Å². The number of imidazole rings is 1. The number of fused-ring (bicyclic) bond motifs is 1. The number of benzene rings is 2. The van der Waals surface area contributed by atoms with Gasteiger partial charge in [-0.1, -0.05) is 18.2 Å². The third-order valence-electron chi connectivity index (χ3n) is 4.53. The smallest absolute Gasteiger partial charge is 0.211 e. The summed E-state index contributed by atoms with van der Waals surface area (Å²) in [5.41, 5.74) is 2.58. The lowest BCUT2D eigenvalue weighted by molar-refractivity contribution is 0.103. The van der Waals surface area contributed by atoms with Crippen LogP contribution in [-0.2, 0) is 0 Å². The van der Waals surface area contributed by atoms with Crippen molar-refractivity contribution in [3.8, 4) is 28.8 Å². The second kappa shape index (κ2) is 7.11. The highest BCUT2D eigenvalue weighted by Gasteiger charge is 2.20. The van der Waals surface area contributed by atoms with Crippen LogP contribution in [0, 0.1) is 0 Å². The predicted octanol–water partition coefficient (Wildman–Crippen LogP) is 3.81. The Labute approximate surface area is 161 Å². The molecule has 0 unspecified atom stereocenters. The summed E-state index contributed by atoms with van der Waals surface area (Å²) in [7, 11) is 4.54. The van der Waals surface area contributed by atoms with E-state index in [1.807, 2.05) is 30.3 Å². The lowest BCUT2D eigenvalue weighted by atomic mass is 10.1. The summed E-state index contributed by atoms with van der Waals surface area (Å²) in [6.45, 7) is 0. The first-order valence-electron chi connectivity index (χ1n) is 8.62. The fraction of sp³-hybridized carbons (Fsp3) is 0.143. The van der Waals surface area contributed by atoms with Gasteiger partial charge >= 0.3 is 0 Å². The van der Waals surface area contributed by atoms with Gasteiger partial charge < -0.3 is 24.2 Å². The molecule has 0 fully saturated rings. The highest BCUT2D eigenvalue weighted by atomic mass is 16.5. The van der Waals surface area contributed by atoms with Gasteiger partial charge in [-0.2, -0.15) is 0 Å². The molecule has 0 saturated carbocycles. The van der Waals surface area contributed by atoms with E-state index in [2.05, 4.69) is 15.0 Å². The summed E-state index contributed by atoms with van der Waals surface area (Å²) in [4.78, 5) is 23.7. The molecule has 7 nitrogen and oxygen atoms in total. The summed E-state index contributed by atoms with van der Waals surface area (Å²) in [5.74, 6) is 1.63. The number of carbonyl (C=O) groups is 1. The first kappa shape index (κ1) is 17.7. The van der Waals surface area contributed by atoms with E-state index in [1.165, 1.54) is 27.5 Å². The molecule has 0 saturated heterocycles. The van der Waals surface area contributed by atoms with E-state index in [-0.39, 0.29) is 5.78 Å². The average Bonchev–Trinajstić information content (AvgIpc) is 3.38. The number of hydrogen-bond acceptors (Lipinski definition) is 5. The fourth-order valence-electron chi connectivity index (χ4n) is 3.14. The van der Waals surface area contributed by atoms with Crippen LogP contribution in [0.25, 0.3) is 22.4 Å². The number of carbonyl (C=O) groups excluding carboxylic acids is 1. The highest BCUT2D eigenvalue weighted by Crippen LogP contribution is 2.38. The molecule has 0 spiro atoms. The first-order valence-corrected chi connectivity index (χ1v) is 8.62. The van der Waals surface area contributed by atoms with Crippen molar-refractivity contribution in [2.75, 3.05) is 21.3 Å². The number of para-hydroxylation sites is 1. The molecule has 2 heterocycles. The molecule has 0 aliphatic heterocycles. The Morgan fingerprint density at radius 1 is 0.929 bits per heavy atom. The van der Waals surface area contributed by atoms with Crippen LogP contribution in [0.2, 0.25) is 0 Å². The van der Waals surface area contributed by atoms with Gasteiger partial charge in [-0.25, -0.2) is 4.98 Å². The predicted molar refractivity (Wildman–Crippen MR) is 105 cm³/mol. The Bertz CT molecular complexity index is 1100. The van der Waals surface area contributed by atoms with Crippen molar-refractivity contribution in [2.45, 2.75) is 0 Å². The van der Waals surface area contributed by atoms with E-state index >= 15 is 0 Å². The Kier molecular flexibility index (Phi) is 4.49. The van der Waals surface area contributed by atoms with Gasteiger partial charge in [-0.15, -0.1) is 0 Å². The van der Waals surface area contributed by atoms with Gasteiger partial charge in [0.15, 0.2) is 17.3 Å². The molecule has 2 aromatic carbocycles. The van der Waals surface area contributed by atoms with Crippen LogP contribution in [0.4, 0.5) is 0 Å². The molecule has 2 N–H and O–H groups in total. The van der Waals surface area contributed by atoms with Crippen molar-refractivity contribution < 1.29 is 19.0 Å². The molecule has 0 radical (unpaired) electrons. The number of aromatic amines is 2. The molecule has 142 valence electrons. The SMILES string of the molecule is COc1cc(C(=O)c2cnc(-c3cc4ccccc4[nH]3)[nH]2)cc(OC)c1OC. The van der Waals surface area contributed by atoms with Crippen molar-refractivity contribution in [1.29, 1.82) is 0 Å². The van der Waals surface area contributed by atoms with Crippen molar-refractivity contribution in [3.05, 3.63) is 59.9 Å². The minimum atomic E-state index is -0.228. The van der Waals surface area contributed by atoms with Crippen LogP contribution in [0.1, 0.15) is 16.1 Å². The average molecular weight is 377 g/mol. The molecule has 4 rings (SSSR count). The summed E-state index contributed by atoms with van der Waals surface area (Å²) >= 11 is 0. The molecule has 28 heavy (non-hydrogen) atoms. The quantitative estimate of drug-likeness (QED) is 0.499. The number of H-pyrrole nitrogens is 2. The Hall–Kier alpha value is -3.74. The lowest BCUT2D eigenvalue weighted by Gasteiger charge is -2.13. The fourth-order valence-corrected chi connectivity index (χ4v) is 3.14. The zero-order valence-corrected chi connectivity index (χ0v) is 15.7. The van der Waals surface area contributed by atoms with Crippen LogP contribution < -0.4 is 14.2 Å². The topological polar surface area (TPSA) is 89.2 Å². The summed E-state index contributed by atoms with van der Waals surface area (Å²) in [6.07, 6.45) is 1.52. The zero-order valence-electron chi connectivity index (χ0n) is 15.7. The van der Waals surface area contributed by atoms with Crippen molar-refractivity contribution >= 4 is 16.7 Å². The molecule has 0 atom stereocenters. The van der Waals surface area contributed by atoms with E-state index in [0.717, 1.165) is 16.6 Å². The van der Waals surface area contributed by atoms with Crippen molar-refractivity contribution in [3.63, 3.8) is 0 Å². The van der Waals surface area contributed by atoms with Crippen LogP contribution in [-0.4, -0.2) is 42.1 Å². The van der Waals surface area contributed by atoms with Gasteiger partial charge in [0.2, 0.25) is 11.5 Å². The lowest BCUT2D eigenvalue weighted by Crippen LogP contribution is -2.04. The van der Waals surface area contributed by atoms with E-state index in [9.17, 15) is 4.79 Å². The Morgan fingerprint density at radius 3 is 2.29 bits per heavy atom. The largest absolute Gasteiger partial charge is 0.493 e. The van der Waals surface area contributed by atoms with Crippen molar-refractivity contribution in [2.24, 2.45) is 0 Å². The minimum absolute atomic E-state index is 0.228. The molecule has 0 aliphatic rings. The first-order chi connectivity index (χ1) is 13.6. The molecule has 7 heteroatoms. The standard InChI is InChI=1S/C21H19N3O4/c1-26-17-9-13(10-18(27-2)20(17)28-3)19(25)16-11-22-21(24-16)15-8-12-6-4-5-7-14(12)23-15/h4-11,23H,1-3H3,(H,22,24). The van der Waals surface area contributed by atoms with Gasteiger partial charge in [-0.05, 0) is 24.3 Å². The minimum Gasteiger partial charge on any atom is -0.493 e. The second-order valence-corrected chi connectivity index (χ2v) is 6.16. The number of nitrogens with zero attached hydrogens (tertiary/aromatic N) is 1. The number of ketones is 1. The molecule has 2 aromatic heterocycles. The summed E-state index contributed by atoms with van der Waals surface area (Å²) in [6, 6.07) is 13.2. The maximum Gasteiger partial charge on any atom is 0.211 e. The van der Waals surface area contributed by atoms with Crippen LogP contribution in [0.5, 0.6) is 17.2 Å². The third-order valence-corrected chi connectivity index (χ3v) is 4.53. The van der Waals surface area contributed by atoms with Crippen molar-refractivity contribution in [1.82, 2.24) is 15.0 Å². The molecule has 0 amide bonds. The normalized spacial score (nSPS) is 10.8. The molecule has 0 aliphatic carbocycles. The van der Waals surface area contributed by atoms with Gasteiger partial charge in [0.25, 0.3) is 0 Å². The number of ether oxygens (including phenoxy) is 3. The van der Waals surface area contributed by atoms with Gasteiger partial charge in [0.1, 0.15) is 5.69 Å². The maximum absolute atomic E-state index is 13.0. The summed E-state index contributed by atoms with van der Waals surface area (Å²) in [5, 5.41) is 1.08. The second-order valence-electron chi connectivity index (χ2n) is 6.16. The maximum atomic E-state index is 13.0. The third kappa shape index (κ3) is 2.96. The molecular formula is C21H19N3O4. The number of methoxy groups -OCH3 is 3. The monoisotopic (exact) mass is 377 g/mol. The van der Waals surface area contributed by atoms with E-state index in [4.69, 9.17) is 14.2 Å².